The molecule has 0 radical (unpaired) electrons. The molecule has 3 aliphatic rings. The van der Waals surface area contributed by atoms with Crippen LogP contribution in [0.25, 0.3) is 0 Å². The van der Waals surface area contributed by atoms with Crippen molar-refractivity contribution in [2.45, 2.75) is 51.0 Å². The van der Waals surface area contributed by atoms with E-state index in [0.717, 1.165) is 35.6 Å². The number of carbonyl (C=O) groups excluding carboxylic acids is 1. The topological polar surface area (TPSA) is 102 Å². The number of piperazine rings is 1. The van der Waals surface area contributed by atoms with Crippen LogP contribution in [0, 0.1) is 11.3 Å². The predicted octanol–water partition coefficient (Wildman–Crippen LogP) is 2.63. The van der Waals surface area contributed by atoms with E-state index in [2.05, 4.69) is 39.4 Å². The number of ether oxygens (including phenoxy) is 1. The first-order valence-electron chi connectivity index (χ1n) is 13.0. The van der Waals surface area contributed by atoms with E-state index in [1.807, 2.05) is 0 Å². The highest BCUT2D eigenvalue weighted by molar-refractivity contribution is 6.31. The summed E-state index contributed by atoms with van der Waals surface area (Å²) in [4.78, 5) is 34.9. The molecule has 0 saturated carbocycles. The number of amides is 1. The number of nitrogens with zero attached hydrogens (tertiary/aromatic N) is 8. The number of anilines is 1. The first-order valence-corrected chi connectivity index (χ1v) is 13.4. The molecule has 0 spiro atoms. The summed E-state index contributed by atoms with van der Waals surface area (Å²) in [6.45, 7) is 8.80. The second-order valence-corrected chi connectivity index (χ2v) is 10.6. The van der Waals surface area contributed by atoms with Crippen LogP contribution in [0.5, 0.6) is 6.01 Å². The molecule has 5 rings (SSSR count). The summed E-state index contributed by atoms with van der Waals surface area (Å²) in [5.41, 5.74) is 2.95. The molecule has 0 bridgehead atoms. The van der Waals surface area contributed by atoms with Crippen molar-refractivity contribution < 1.29 is 9.53 Å². The number of likely N-dealkylation sites (N-methyl/N-ethyl adjacent to an activating group) is 1. The summed E-state index contributed by atoms with van der Waals surface area (Å²) < 4.78 is 6.17. The number of nitriles is 1. The van der Waals surface area contributed by atoms with E-state index in [1.165, 1.54) is 12.5 Å². The predicted molar refractivity (Wildman–Crippen MR) is 144 cm³/mol. The Labute approximate surface area is 228 Å². The van der Waals surface area contributed by atoms with Gasteiger partial charge in [-0.05, 0) is 38.6 Å². The molecule has 10 nitrogen and oxygen atoms in total. The molecule has 200 valence electrons. The van der Waals surface area contributed by atoms with Gasteiger partial charge in [-0.3, -0.25) is 14.7 Å². The molecule has 38 heavy (non-hydrogen) atoms. The fraction of sp³-hybridized carbons (Fsp3) is 0.519. The average molecular weight is 537 g/mol. The van der Waals surface area contributed by atoms with Gasteiger partial charge in [-0.15, -0.1) is 0 Å². The van der Waals surface area contributed by atoms with Crippen LogP contribution in [0.15, 0.2) is 31.1 Å². The minimum Gasteiger partial charge on any atom is -0.462 e. The van der Waals surface area contributed by atoms with E-state index < -0.39 is 0 Å². The van der Waals surface area contributed by atoms with Crippen molar-refractivity contribution in [3.8, 4) is 12.1 Å². The van der Waals surface area contributed by atoms with Gasteiger partial charge in [-0.2, -0.15) is 15.2 Å². The number of fused-ring (bicyclic) bond motifs is 1. The molecule has 2 fully saturated rings. The van der Waals surface area contributed by atoms with Crippen LogP contribution in [-0.4, -0.2) is 87.5 Å². The molecular weight excluding hydrogens is 504 g/mol. The second kappa shape index (κ2) is 11.6. The van der Waals surface area contributed by atoms with Crippen molar-refractivity contribution in [3.63, 3.8) is 0 Å². The number of hydrogen-bond donors (Lipinski definition) is 0. The lowest BCUT2D eigenvalue weighted by atomic mass is 10.1. The molecule has 2 aromatic rings. The van der Waals surface area contributed by atoms with Crippen LogP contribution < -0.4 is 9.64 Å². The number of likely N-dealkylation sites (tertiary alicyclic amines) is 1. The maximum absolute atomic E-state index is 12.4. The zero-order valence-corrected chi connectivity index (χ0v) is 22.5. The highest BCUT2D eigenvalue weighted by atomic mass is 35.5. The quantitative estimate of drug-likeness (QED) is 0.471. The number of halogens is 1. The number of aromatic nitrogens is 3. The summed E-state index contributed by atoms with van der Waals surface area (Å²) in [5.74, 6) is 0.667. The Morgan fingerprint density at radius 1 is 1.29 bits per heavy atom. The molecule has 2 atom stereocenters. The van der Waals surface area contributed by atoms with Gasteiger partial charge in [0.25, 0.3) is 0 Å². The summed E-state index contributed by atoms with van der Waals surface area (Å²) in [7, 11) is 2.12. The molecule has 2 saturated heterocycles. The van der Waals surface area contributed by atoms with Gasteiger partial charge in [-0.25, -0.2) is 0 Å². The third-order valence-electron chi connectivity index (χ3n) is 7.69. The average Bonchev–Trinajstić information content (AvgIpc) is 3.53. The van der Waals surface area contributed by atoms with Crippen molar-refractivity contribution >= 4 is 23.3 Å². The van der Waals surface area contributed by atoms with Crippen LogP contribution in [0.2, 0.25) is 5.02 Å². The Bertz CT molecular complexity index is 1230. The fourth-order valence-corrected chi connectivity index (χ4v) is 5.75. The fourth-order valence-electron chi connectivity index (χ4n) is 5.58. The van der Waals surface area contributed by atoms with Crippen LogP contribution in [0.4, 0.5) is 5.82 Å². The Morgan fingerprint density at radius 2 is 2.16 bits per heavy atom. The number of rotatable bonds is 8. The van der Waals surface area contributed by atoms with E-state index in [9.17, 15) is 10.1 Å². The van der Waals surface area contributed by atoms with E-state index in [-0.39, 0.29) is 18.4 Å². The standard InChI is InChI=1S/C27H33ClN8O2/c1-3-25(37)36-12-11-35(15-20(36)6-8-29)26-22-16-34(14-19-13-30-9-7-23(19)28)17-24(22)31-27(32-26)38-18-21-5-4-10-33(21)2/h3,7,9,13,20-21H,1,4-6,10-12,14-18H2,2H3/t20-,21-/m0/s1. The highest BCUT2D eigenvalue weighted by Gasteiger charge is 2.34. The van der Waals surface area contributed by atoms with Gasteiger partial charge in [0, 0.05) is 73.9 Å². The summed E-state index contributed by atoms with van der Waals surface area (Å²) in [5, 5.41) is 10.1. The summed E-state index contributed by atoms with van der Waals surface area (Å²) in [6, 6.07) is 4.52. The first kappa shape index (κ1) is 26.4. The number of carbonyl (C=O) groups is 1. The molecule has 11 heteroatoms. The van der Waals surface area contributed by atoms with Gasteiger partial charge in [0.1, 0.15) is 12.4 Å². The zero-order chi connectivity index (χ0) is 26.6. The van der Waals surface area contributed by atoms with Gasteiger partial charge in [0.2, 0.25) is 5.91 Å². The lowest BCUT2D eigenvalue weighted by Crippen LogP contribution is -2.55. The smallest absolute Gasteiger partial charge is 0.318 e. The minimum atomic E-state index is -0.243. The van der Waals surface area contributed by atoms with Crippen LogP contribution in [0.1, 0.15) is 36.1 Å². The van der Waals surface area contributed by atoms with Gasteiger partial charge < -0.3 is 19.4 Å². The van der Waals surface area contributed by atoms with Crippen LogP contribution in [-0.2, 0) is 24.4 Å². The van der Waals surface area contributed by atoms with Crippen LogP contribution >= 0.6 is 11.6 Å². The van der Waals surface area contributed by atoms with E-state index in [4.69, 9.17) is 26.3 Å². The molecule has 3 aliphatic heterocycles. The lowest BCUT2D eigenvalue weighted by molar-refractivity contribution is -0.128. The SMILES string of the molecule is C=CC(=O)N1CCN(c2nc(OC[C@@H]3CCCN3C)nc3c2CN(Cc2cnccc2Cl)C3)C[C@@H]1CC#N. The van der Waals surface area contributed by atoms with Crippen molar-refractivity contribution in [2.75, 3.05) is 44.7 Å². The number of pyridine rings is 1. The molecule has 1 amide bonds. The van der Waals surface area contributed by atoms with E-state index in [1.54, 1.807) is 23.4 Å². The Hall–Kier alpha value is -3.26. The highest BCUT2D eigenvalue weighted by Crippen LogP contribution is 2.34. The minimum absolute atomic E-state index is 0.151. The molecule has 5 heterocycles. The third kappa shape index (κ3) is 5.60. The molecule has 0 aromatic carbocycles. The lowest BCUT2D eigenvalue weighted by Gasteiger charge is -2.41. The molecular formula is C27H33ClN8O2. The Balaban J connectivity index is 1.41. The van der Waals surface area contributed by atoms with Crippen molar-refractivity contribution in [1.29, 1.82) is 5.26 Å². The zero-order valence-electron chi connectivity index (χ0n) is 21.7. The maximum Gasteiger partial charge on any atom is 0.318 e. The van der Waals surface area contributed by atoms with E-state index >= 15 is 0 Å². The third-order valence-corrected chi connectivity index (χ3v) is 8.06. The van der Waals surface area contributed by atoms with Crippen molar-refractivity contribution in [3.05, 3.63) is 53.0 Å². The number of hydrogen-bond acceptors (Lipinski definition) is 9. The van der Waals surface area contributed by atoms with Crippen LogP contribution in [0.3, 0.4) is 0 Å². The van der Waals surface area contributed by atoms with Crippen molar-refractivity contribution in [2.24, 2.45) is 0 Å². The van der Waals surface area contributed by atoms with Gasteiger partial charge in [0.15, 0.2) is 0 Å². The van der Waals surface area contributed by atoms with Gasteiger partial charge >= 0.3 is 6.01 Å². The van der Waals surface area contributed by atoms with Crippen molar-refractivity contribution in [1.82, 2.24) is 29.7 Å². The monoisotopic (exact) mass is 536 g/mol. The van der Waals surface area contributed by atoms with Gasteiger partial charge in [-0.1, -0.05) is 18.2 Å². The Morgan fingerprint density at radius 3 is 2.89 bits per heavy atom. The summed E-state index contributed by atoms with van der Waals surface area (Å²) >= 11 is 6.41. The molecule has 0 aliphatic carbocycles. The molecule has 0 unspecified atom stereocenters. The normalized spacial score (nSPS) is 21.8. The largest absolute Gasteiger partial charge is 0.462 e. The van der Waals surface area contributed by atoms with E-state index in [0.29, 0.717) is 63.0 Å². The first-order chi connectivity index (χ1) is 18.5. The second-order valence-electron chi connectivity index (χ2n) is 10.2. The maximum atomic E-state index is 12.4. The molecule has 0 N–H and O–H groups in total. The summed E-state index contributed by atoms with van der Waals surface area (Å²) in [6.07, 6.45) is 7.31. The Kier molecular flexibility index (Phi) is 8.07. The molecule has 2 aromatic heterocycles. The van der Waals surface area contributed by atoms with Gasteiger partial charge in [0.05, 0.1) is 24.2 Å².